The number of ether oxygens (including phenoxy) is 2. The van der Waals surface area contributed by atoms with Gasteiger partial charge >= 0.3 is 6.09 Å². The lowest BCUT2D eigenvalue weighted by molar-refractivity contribution is -0.0161. The van der Waals surface area contributed by atoms with Gasteiger partial charge in [-0.3, -0.25) is 4.90 Å². The van der Waals surface area contributed by atoms with Gasteiger partial charge < -0.3 is 9.47 Å². The van der Waals surface area contributed by atoms with Crippen LogP contribution in [0.25, 0.3) is 0 Å². The zero-order chi connectivity index (χ0) is 13.1. The molecule has 1 aliphatic rings. The average molecular weight is 239 g/mol. The molecule has 1 fully saturated rings. The van der Waals surface area contributed by atoms with Gasteiger partial charge in [-0.15, -0.1) is 6.42 Å². The summed E-state index contributed by atoms with van der Waals surface area (Å²) in [4.78, 5) is 13.5. The van der Waals surface area contributed by atoms with Gasteiger partial charge in [-0.25, -0.2) is 4.79 Å². The van der Waals surface area contributed by atoms with Crippen LogP contribution in [0.1, 0.15) is 33.6 Å². The molecule has 1 rings (SSSR count). The van der Waals surface area contributed by atoms with Crippen molar-refractivity contribution in [3.63, 3.8) is 0 Å². The number of carbonyl (C=O) groups is 1. The Morgan fingerprint density at radius 3 is 2.35 bits per heavy atom. The highest BCUT2D eigenvalue weighted by molar-refractivity contribution is 5.69. The second kappa shape index (κ2) is 4.97. The summed E-state index contributed by atoms with van der Waals surface area (Å²) < 4.78 is 10.6. The zero-order valence-electron chi connectivity index (χ0n) is 11.1. The molecule has 0 aromatic carbocycles. The molecule has 0 atom stereocenters. The van der Waals surface area contributed by atoms with Crippen molar-refractivity contribution in [3.8, 4) is 12.3 Å². The summed E-state index contributed by atoms with van der Waals surface area (Å²) in [6.07, 6.45) is 6.51. The van der Waals surface area contributed by atoms with E-state index in [-0.39, 0.29) is 6.09 Å². The minimum absolute atomic E-state index is 0.377. The van der Waals surface area contributed by atoms with Crippen molar-refractivity contribution in [2.75, 3.05) is 20.3 Å². The van der Waals surface area contributed by atoms with E-state index in [9.17, 15) is 4.79 Å². The first-order valence-electron chi connectivity index (χ1n) is 5.83. The number of carbonyl (C=O) groups excluding carboxylic acids is 1. The number of hydrogen-bond acceptors (Lipinski definition) is 3. The highest BCUT2D eigenvalue weighted by atomic mass is 16.6. The van der Waals surface area contributed by atoms with Crippen LogP contribution in [0.5, 0.6) is 0 Å². The number of rotatable bonds is 1. The Balaban J connectivity index is 2.76. The van der Waals surface area contributed by atoms with E-state index in [4.69, 9.17) is 15.9 Å². The van der Waals surface area contributed by atoms with Gasteiger partial charge in [0.2, 0.25) is 0 Å². The van der Waals surface area contributed by atoms with E-state index in [0.717, 1.165) is 0 Å². The normalized spacial score (nSPS) is 19.2. The maximum absolute atomic E-state index is 12.0. The molecule has 1 heterocycles. The van der Waals surface area contributed by atoms with Crippen LogP contribution in [0.3, 0.4) is 0 Å². The summed E-state index contributed by atoms with van der Waals surface area (Å²) in [6.45, 7) is 6.68. The minimum Gasteiger partial charge on any atom is -0.444 e. The molecule has 0 unspecified atom stereocenters. The van der Waals surface area contributed by atoms with E-state index >= 15 is 0 Å². The van der Waals surface area contributed by atoms with Gasteiger partial charge in [0.15, 0.2) is 0 Å². The fourth-order valence-electron chi connectivity index (χ4n) is 1.79. The molecule has 1 amide bonds. The maximum Gasteiger partial charge on any atom is 0.411 e. The van der Waals surface area contributed by atoms with Crippen molar-refractivity contribution >= 4 is 6.09 Å². The van der Waals surface area contributed by atoms with E-state index < -0.39 is 11.1 Å². The summed E-state index contributed by atoms with van der Waals surface area (Å²) in [7, 11) is 1.69. The van der Waals surface area contributed by atoms with Gasteiger partial charge in [-0.1, -0.05) is 5.92 Å². The molecule has 0 aromatic rings. The van der Waals surface area contributed by atoms with Gasteiger partial charge in [0.1, 0.15) is 11.1 Å². The Hall–Kier alpha value is -1.21. The molecule has 0 aromatic heterocycles. The molecule has 4 heteroatoms. The van der Waals surface area contributed by atoms with Crippen LogP contribution in [-0.2, 0) is 9.47 Å². The van der Waals surface area contributed by atoms with Gasteiger partial charge in [0.05, 0.1) is 0 Å². The van der Waals surface area contributed by atoms with Gasteiger partial charge in [0, 0.05) is 33.1 Å². The highest BCUT2D eigenvalue weighted by Crippen LogP contribution is 2.27. The monoisotopic (exact) mass is 239 g/mol. The van der Waals surface area contributed by atoms with Crippen molar-refractivity contribution in [3.05, 3.63) is 0 Å². The molecule has 0 N–H and O–H groups in total. The van der Waals surface area contributed by atoms with E-state index in [0.29, 0.717) is 26.1 Å². The fraction of sp³-hybridized carbons (Fsp3) is 0.769. The van der Waals surface area contributed by atoms with Crippen LogP contribution in [-0.4, -0.2) is 42.4 Å². The number of nitrogens with zero attached hydrogens (tertiary/aromatic N) is 1. The molecule has 1 saturated heterocycles. The highest BCUT2D eigenvalue weighted by Gasteiger charge is 2.39. The van der Waals surface area contributed by atoms with Crippen LogP contribution in [0.15, 0.2) is 0 Å². The Bertz CT molecular complexity index is 319. The lowest BCUT2D eigenvalue weighted by Gasteiger charge is -2.40. The van der Waals surface area contributed by atoms with Crippen molar-refractivity contribution in [1.29, 1.82) is 0 Å². The van der Waals surface area contributed by atoms with Crippen LogP contribution in [0, 0.1) is 12.3 Å². The van der Waals surface area contributed by atoms with Crippen molar-refractivity contribution in [2.24, 2.45) is 0 Å². The average Bonchev–Trinajstić information content (AvgIpc) is 2.26. The Morgan fingerprint density at radius 1 is 1.41 bits per heavy atom. The lowest BCUT2D eigenvalue weighted by atomic mass is 9.90. The second-order valence-corrected chi connectivity index (χ2v) is 5.33. The number of terminal acetylenes is 1. The van der Waals surface area contributed by atoms with Crippen LogP contribution >= 0.6 is 0 Å². The lowest BCUT2D eigenvalue weighted by Crippen LogP contribution is -2.53. The Morgan fingerprint density at radius 2 is 1.94 bits per heavy atom. The summed E-state index contributed by atoms with van der Waals surface area (Å²) >= 11 is 0. The molecule has 0 aliphatic carbocycles. The predicted molar refractivity (Wildman–Crippen MR) is 65.6 cm³/mol. The quantitative estimate of drug-likeness (QED) is 0.657. The van der Waals surface area contributed by atoms with Crippen molar-refractivity contribution in [2.45, 2.75) is 44.8 Å². The third kappa shape index (κ3) is 3.37. The van der Waals surface area contributed by atoms with Gasteiger partial charge in [0.25, 0.3) is 0 Å². The topological polar surface area (TPSA) is 38.8 Å². The molecule has 0 saturated carbocycles. The zero-order valence-corrected chi connectivity index (χ0v) is 11.1. The van der Waals surface area contributed by atoms with E-state index in [1.807, 2.05) is 20.8 Å². The largest absolute Gasteiger partial charge is 0.444 e. The third-order valence-corrected chi connectivity index (χ3v) is 2.90. The first-order chi connectivity index (χ1) is 7.81. The molecule has 0 spiro atoms. The first kappa shape index (κ1) is 13.9. The third-order valence-electron chi connectivity index (χ3n) is 2.90. The summed E-state index contributed by atoms with van der Waals surface area (Å²) in [5.74, 6) is 2.73. The molecule has 0 radical (unpaired) electrons. The number of hydrogen-bond donors (Lipinski definition) is 0. The summed E-state index contributed by atoms with van der Waals surface area (Å²) in [5.41, 5.74) is -1.08. The first-order valence-corrected chi connectivity index (χ1v) is 5.83. The summed E-state index contributed by atoms with van der Waals surface area (Å²) in [5, 5.41) is 0. The molecule has 17 heavy (non-hydrogen) atoms. The van der Waals surface area contributed by atoms with E-state index in [1.165, 1.54) is 4.90 Å². The Kier molecular flexibility index (Phi) is 4.05. The van der Waals surface area contributed by atoms with Crippen molar-refractivity contribution in [1.82, 2.24) is 4.90 Å². The fourth-order valence-corrected chi connectivity index (χ4v) is 1.79. The van der Waals surface area contributed by atoms with Gasteiger partial charge in [-0.2, -0.15) is 0 Å². The molecule has 0 bridgehead atoms. The Labute approximate surface area is 103 Å². The molecular formula is C13H21NO3. The molecular weight excluding hydrogens is 218 g/mol. The standard InChI is InChI=1S/C13H21NO3/c1-6-13(7-9-16-10-8-13)14(5)11(15)17-12(2,3)4/h1H,7-10H2,2-5H3. The maximum atomic E-state index is 12.0. The summed E-state index contributed by atoms with van der Waals surface area (Å²) in [6, 6.07) is 0. The minimum atomic E-state index is -0.569. The van der Waals surface area contributed by atoms with E-state index in [2.05, 4.69) is 5.92 Å². The predicted octanol–water partition coefficient (Wildman–Crippen LogP) is 2.04. The smallest absolute Gasteiger partial charge is 0.411 e. The van der Waals surface area contributed by atoms with Gasteiger partial charge in [-0.05, 0) is 20.8 Å². The van der Waals surface area contributed by atoms with E-state index in [1.54, 1.807) is 7.05 Å². The molecule has 4 nitrogen and oxygen atoms in total. The van der Waals surface area contributed by atoms with Crippen LogP contribution in [0.2, 0.25) is 0 Å². The molecule has 1 aliphatic heterocycles. The second-order valence-electron chi connectivity index (χ2n) is 5.33. The SMILES string of the molecule is C#CC1(N(C)C(=O)OC(C)(C)C)CCOCC1. The van der Waals surface area contributed by atoms with Crippen LogP contribution < -0.4 is 0 Å². The molecule has 96 valence electrons. The van der Waals surface area contributed by atoms with Crippen LogP contribution in [0.4, 0.5) is 4.79 Å². The number of amides is 1. The van der Waals surface area contributed by atoms with Crippen molar-refractivity contribution < 1.29 is 14.3 Å².